The number of ether oxygens (including phenoxy) is 1. The van der Waals surface area contributed by atoms with Crippen LogP contribution in [0.3, 0.4) is 0 Å². The summed E-state index contributed by atoms with van der Waals surface area (Å²) >= 11 is 0. The molecule has 0 atom stereocenters. The number of hydrogen-bond donors (Lipinski definition) is 1. The van der Waals surface area contributed by atoms with Crippen LogP contribution in [0.25, 0.3) is 11.0 Å². The maximum atomic E-state index is 12.3. The van der Waals surface area contributed by atoms with Crippen molar-refractivity contribution in [3.05, 3.63) is 53.3 Å². The number of aryl methyl sites for hydroxylation is 2. The lowest BCUT2D eigenvalue weighted by atomic mass is 10.2. The van der Waals surface area contributed by atoms with E-state index in [1.165, 1.54) is 6.20 Å². The van der Waals surface area contributed by atoms with Crippen LogP contribution in [-0.4, -0.2) is 57.1 Å². The van der Waals surface area contributed by atoms with Gasteiger partial charge in [0.1, 0.15) is 0 Å². The van der Waals surface area contributed by atoms with Crippen LogP contribution in [0.15, 0.2) is 36.5 Å². The molecule has 9 nitrogen and oxygen atoms in total. The van der Waals surface area contributed by atoms with Gasteiger partial charge in [0.2, 0.25) is 0 Å². The number of hydrogen-bond acceptors (Lipinski definition) is 6. The van der Waals surface area contributed by atoms with Gasteiger partial charge in [0.25, 0.3) is 11.8 Å². The molecule has 0 spiro atoms. The Morgan fingerprint density at radius 1 is 1.10 bits per heavy atom. The first kappa shape index (κ1) is 21.9. The van der Waals surface area contributed by atoms with Gasteiger partial charge in [-0.15, -0.1) is 0 Å². The van der Waals surface area contributed by atoms with E-state index in [1.807, 2.05) is 20.8 Å². The minimum absolute atomic E-state index is 0.0637. The van der Waals surface area contributed by atoms with E-state index in [0.29, 0.717) is 30.0 Å². The molecule has 2 heterocycles. The van der Waals surface area contributed by atoms with Crippen molar-refractivity contribution in [1.29, 1.82) is 0 Å². The molecule has 0 fully saturated rings. The number of fused-ring (bicyclic) bond motifs is 1. The largest absolute Gasteiger partial charge is 0.452 e. The summed E-state index contributed by atoms with van der Waals surface area (Å²) in [5, 5.41) is 7.66. The van der Waals surface area contributed by atoms with Crippen LogP contribution in [-0.2, 0) is 16.6 Å². The molecule has 3 rings (SSSR count). The lowest BCUT2D eigenvalue weighted by Crippen LogP contribution is -2.30. The van der Waals surface area contributed by atoms with Crippen molar-refractivity contribution in [1.82, 2.24) is 19.7 Å². The van der Waals surface area contributed by atoms with Crippen LogP contribution in [0.5, 0.6) is 0 Å². The number of amides is 2. The van der Waals surface area contributed by atoms with E-state index in [0.717, 1.165) is 11.1 Å². The molecule has 9 heteroatoms. The number of pyridine rings is 1. The zero-order chi connectivity index (χ0) is 22.5. The predicted octanol–water partition coefficient (Wildman–Crippen LogP) is 2.55. The first-order valence-corrected chi connectivity index (χ1v) is 9.99. The lowest BCUT2D eigenvalue weighted by Gasteiger charge is -2.18. The fourth-order valence-corrected chi connectivity index (χ4v) is 3.22. The maximum absolute atomic E-state index is 12.3. The molecule has 0 saturated heterocycles. The second-order valence-electron chi connectivity index (χ2n) is 6.98. The van der Waals surface area contributed by atoms with E-state index in [1.54, 1.807) is 47.0 Å². The smallest absolute Gasteiger partial charge is 0.340 e. The summed E-state index contributed by atoms with van der Waals surface area (Å²) in [5.74, 6) is -1.19. The number of nitrogens with zero attached hydrogens (tertiary/aromatic N) is 4. The Morgan fingerprint density at radius 3 is 2.42 bits per heavy atom. The highest BCUT2D eigenvalue weighted by molar-refractivity contribution is 5.98. The van der Waals surface area contributed by atoms with Crippen molar-refractivity contribution < 1.29 is 19.1 Å². The van der Waals surface area contributed by atoms with Gasteiger partial charge in [-0.1, -0.05) is 0 Å². The summed E-state index contributed by atoms with van der Waals surface area (Å²) in [6, 6.07) is 8.23. The molecule has 3 aromatic rings. The molecule has 0 radical (unpaired) electrons. The Bertz CT molecular complexity index is 1120. The summed E-state index contributed by atoms with van der Waals surface area (Å²) in [6.45, 7) is 6.48. The first-order valence-electron chi connectivity index (χ1n) is 9.99. The topological polar surface area (TPSA) is 106 Å². The monoisotopic (exact) mass is 423 g/mol. The van der Waals surface area contributed by atoms with E-state index < -0.39 is 18.5 Å². The standard InChI is InChI=1S/C22H25N5O4/c1-5-27(6-2)21(29)15-7-9-17(10-8-15)24-19(28)13-31-22(30)16-11-18-14(3)25-26(4)20(18)23-12-16/h7-12H,5-6,13H2,1-4H3,(H,24,28). The van der Waals surface area contributed by atoms with E-state index in [9.17, 15) is 14.4 Å². The van der Waals surface area contributed by atoms with Crippen LogP contribution >= 0.6 is 0 Å². The van der Waals surface area contributed by atoms with Gasteiger partial charge in [-0.25, -0.2) is 9.78 Å². The minimum Gasteiger partial charge on any atom is -0.452 e. The number of anilines is 1. The molecular weight excluding hydrogens is 398 g/mol. The SMILES string of the molecule is CCN(CC)C(=O)c1ccc(NC(=O)COC(=O)c2cnc3c(c2)c(C)nn3C)cc1. The predicted molar refractivity (Wildman–Crippen MR) is 116 cm³/mol. The average molecular weight is 423 g/mol. The number of carbonyl (C=O) groups excluding carboxylic acids is 3. The molecule has 0 saturated carbocycles. The van der Waals surface area contributed by atoms with Crippen LogP contribution < -0.4 is 5.32 Å². The van der Waals surface area contributed by atoms with Crippen molar-refractivity contribution in [2.45, 2.75) is 20.8 Å². The molecule has 0 aliphatic heterocycles. The van der Waals surface area contributed by atoms with Crippen molar-refractivity contribution in [3.63, 3.8) is 0 Å². The third-order valence-corrected chi connectivity index (χ3v) is 4.90. The third-order valence-electron chi connectivity index (χ3n) is 4.90. The van der Waals surface area contributed by atoms with Gasteiger partial charge in [-0.3, -0.25) is 14.3 Å². The van der Waals surface area contributed by atoms with Gasteiger partial charge in [-0.05, 0) is 51.1 Å². The molecule has 0 aliphatic carbocycles. The van der Waals surface area contributed by atoms with Gasteiger partial charge in [-0.2, -0.15) is 5.10 Å². The molecule has 0 unspecified atom stereocenters. The van der Waals surface area contributed by atoms with Crippen LogP contribution in [0.1, 0.15) is 40.3 Å². The van der Waals surface area contributed by atoms with E-state index in [2.05, 4.69) is 15.4 Å². The molecule has 0 aliphatic rings. The molecular formula is C22H25N5O4. The van der Waals surface area contributed by atoms with E-state index in [-0.39, 0.29) is 11.5 Å². The normalized spacial score (nSPS) is 10.7. The van der Waals surface area contributed by atoms with Gasteiger partial charge < -0.3 is 15.0 Å². The Labute approximate surface area is 180 Å². The Kier molecular flexibility index (Phi) is 6.64. The number of rotatable bonds is 7. The van der Waals surface area contributed by atoms with Crippen molar-refractivity contribution >= 4 is 34.5 Å². The zero-order valence-corrected chi connectivity index (χ0v) is 18.0. The first-order chi connectivity index (χ1) is 14.8. The van der Waals surface area contributed by atoms with Crippen LogP contribution in [0.4, 0.5) is 5.69 Å². The van der Waals surface area contributed by atoms with Gasteiger partial charge in [0.05, 0.1) is 11.3 Å². The lowest BCUT2D eigenvalue weighted by molar-refractivity contribution is -0.119. The van der Waals surface area contributed by atoms with Gasteiger partial charge in [0.15, 0.2) is 12.3 Å². The summed E-state index contributed by atoms with van der Waals surface area (Å²) in [5.41, 5.74) is 2.71. The fourth-order valence-electron chi connectivity index (χ4n) is 3.22. The number of benzene rings is 1. The van der Waals surface area contributed by atoms with Crippen molar-refractivity contribution in [2.75, 3.05) is 25.0 Å². The average Bonchev–Trinajstić information content (AvgIpc) is 3.06. The van der Waals surface area contributed by atoms with Crippen molar-refractivity contribution in [3.8, 4) is 0 Å². The molecule has 0 bridgehead atoms. The van der Waals surface area contributed by atoms with Crippen LogP contribution in [0, 0.1) is 6.92 Å². The number of carbonyl (C=O) groups is 3. The molecule has 2 amide bonds. The van der Waals surface area contributed by atoms with Gasteiger partial charge in [0, 0.05) is 43.0 Å². The van der Waals surface area contributed by atoms with Crippen molar-refractivity contribution in [2.24, 2.45) is 7.05 Å². The number of aromatic nitrogens is 3. The zero-order valence-electron chi connectivity index (χ0n) is 18.0. The minimum atomic E-state index is -0.645. The van der Waals surface area contributed by atoms with E-state index >= 15 is 0 Å². The molecule has 31 heavy (non-hydrogen) atoms. The third kappa shape index (κ3) is 4.88. The molecule has 162 valence electrons. The molecule has 1 aromatic carbocycles. The summed E-state index contributed by atoms with van der Waals surface area (Å²) < 4.78 is 6.73. The maximum Gasteiger partial charge on any atom is 0.340 e. The van der Waals surface area contributed by atoms with E-state index in [4.69, 9.17) is 4.74 Å². The summed E-state index contributed by atoms with van der Waals surface area (Å²) in [4.78, 5) is 42.7. The molecule has 1 N–H and O–H groups in total. The summed E-state index contributed by atoms with van der Waals surface area (Å²) in [7, 11) is 1.77. The number of nitrogens with one attached hydrogen (secondary N) is 1. The Balaban J connectivity index is 1.57. The fraction of sp³-hybridized carbons (Fsp3) is 0.318. The highest BCUT2D eigenvalue weighted by Gasteiger charge is 2.15. The quantitative estimate of drug-likeness (QED) is 0.586. The van der Waals surface area contributed by atoms with Gasteiger partial charge >= 0.3 is 5.97 Å². The Hall–Kier alpha value is -3.75. The Morgan fingerprint density at radius 2 is 1.77 bits per heavy atom. The second kappa shape index (κ2) is 9.38. The number of esters is 1. The molecule has 2 aromatic heterocycles. The summed E-state index contributed by atoms with van der Waals surface area (Å²) in [6.07, 6.45) is 1.40. The second-order valence-corrected chi connectivity index (χ2v) is 6.98. The van der Waals surface area contributed by atoms with Crippen LogP contribution in [0.2, 0.25) is 0 Å². The highest BCUT2D eigenvalue weighted by Crippen LogP contribution is 2.17. The highest BCUT2D eigenvalue weighted by atomic mass is 16.5.